The Balaban J connectivity index is 1.33. The Morgan fingerprint density at radius 1 is 1.00 bits per heavy atom. The van der Waals surface area contributed by atoms with E-state index in [1.54, 1.807) is 30.6 Å². The standard InChI is InChI=1S/C27H31N5O6S/c33-26-21-14-19(27-30-25(31-38-27)18-6-5-9-28-17-18)15-22(21)32(11-4-2-1-3-10-29-26)39(34,35)20-7-8-23-24(16-20)37-13-12-36-23/h5-9,16-17,19,21-22H,1-4,10-15H2,(H,29,33). The summed E-state index contributed by atoms with van der Waals surface area (Å²) in [6.45, 7) is 1.68. The van der Waals surface area contributed by atoms with Gasteiger partial charge in [0.25, 0.3) is 0 Å². The summed E-state index contributed by atoms with van der Waals surface area (Å²) >= 11 is 0. The number of nitrogens with one attached hydrogen (secondary N) is 1. The molecule has 3 aromatic rings. The Labute approximate surface area is 227 Å². The van der Waals surface area contributed by atoms with E-state index in [2.05, 4.69) is 20.4 Å². The average Bonchev–Trinajstić information content (AvgIpc) is 3.62. The van der Waals surface area contributed by atoms with Gasteiger partial charge in [0.2, 0.25) is 27.6 Å². The molecule has 1 aromatic carbocycles. The minimum absolute atomic E-state index is 0.126. The lowest BCUT2D eigenvalue weighted by molar-refractivity contribution is -0.125. The van der Waals surface area contributed by atoms with E-state index in [-0.39, 0.29) is 16.7 Å². The number of ether oxygens (including phenoxy) is 2. The van der Waals surface area contributed by atoms with Gasteiger partial charge in [0.05, 0.1) is 10.8 Å². The predicted octanol–water partition coefficient (Wildman–Crippen LogP) is 3.15. The summed E-state index contributed by atoms with van der Waals surface area (Å²) in [5, 5.41) is 7.15. The van der Waals surface area contributed by atoms with Gasteiger partial charge in [-0.1, -0.05) is 18.0 Å². The number of fused-ring (bicyclic) bond motifs is 2. The minimum atomic E-state index is -3.95. The number of rotatable bonds is 4. The molecule has 1 saturated carbocycles. The first-order chi connectivity index (χ1) is 19.0. The highest BCUT2D eigenvalue weighted by Crippen LogP contribution is 2.43. The van der Waals surface area contributed by atoms with E-state index in [4.69, 9.17) is 14.0 Å². The summed E-state index contributed by atoms with van der Waals surface area (Å²) in [4.78, 5) is 22.2. The fraction of sp³-hybridized carbons (Fsp3) is 0.481. The van der Waals surface area contributed by atoms with Crippen molar-refractivity contribution in [3.63, 3.8) is 0 Å². The van der Waals surface area contributed by atoms with Crippen LogP contribution in [0.4, 0.5) is 0 Å². The van der Waals surface area contributed by atoms with Crippen molar-refractivity contribution in [1.82, 2.24) is 24.7 Å². The van der Waals surface area contributed by atoms with Gasteiger partial charge in [-0.3, -0.25) is 9.78 Å². The van der Waals surface area contributed by atoms with Crippen LogP contribution in [0.15, 0.2) is 52.1 Å². The fourth-order valence-corrected chi connectivity index (χ4v) is 7.43. The molecule has 39 heavy (non-hydrogen) atoms. The number of aromatic nitrogens is 3. The van der Waals surface area contributed by atoms with Crippen LogP contribution < -0.4 is 14.8 Å². The molecule has 1 saturated heterocycles. The molecule has 12 heteroatoms. The SMILES string of the molecule is O=C1NCCCCCCN(S(=O)(=O)c2ccc3c(c2)OCCO3)C2CC(c3nc(-c4cccnc4)no3)CC12. The molecular weight excluding hydrogens is 522 g/mol. The van der Waals surface area contributed by atoms with Gasteiger partial charge in [0.1, 0.15) is 13.2 Å². The van der Waals surface area contributed by atoms with Crippen LogP contribution in [0.2, 0.25) is 0 Å². The highest BCUT2D eigenvalue weighted by Gasteiger charge is 2.47. The molecule has 1 N–H and O–H groups in total. The van der Waals surface area contributed by atoms with Crippen LogP contribution >= 0.6 is 0 Å². The first-order valence-corrected chi connectivity index (χ1v) is 14.9. The summed E-state index contributed by atoms with van der Waals surface area (Å²) in [6, 6.07) is 7.79. The Hall–Kier alpha value is -3.51. The number of carbonyl (C=O) groups is 1. The Morgan fingerprint density at radius 2 is 1.85 bits per heavy atom. The number of amides is 1. The van der Waals surface area contributed by atoms with E-state index in [0.717, 1.165) is 24.8 Å². The van der Waals surface area contributed by atoms with Crippen LogP contribution in [0.5, 0.6) is 11.5 Å². The Bertz CT molecular complexity index is 1430. The van der Waals surface area contributed by atoms with Gasteiger partial charge >= 0.3 is 0 Å². The maximum Gasteiger partial charge on any atom is 0.243 e. The van der Waals surface area contributed by atoms with Crippen LogP contribution in [0.25, 0.3) is 11.4 Å². The Kier molecular flexibility index (Phi) is 7.22. The van der Waals surface area contributed by atoms with Gasteiger partial charge in [-0.15, -0.1) is 0 Å². The van der Waals surface area contributed by atoms with Gasteiger partial charge in [-0.2, -0.15) is 9.29 Å². The predicted molar refractivity (Wildman–Crippen MR) is 140 cm³/mol. The average molecular weight is 554 g/mol. The minimum Gasteiger partial charge on any atom is -0.486 e. The number of hydrogen-bond acceptors (Lipinski definition) is 9. The second-order valence-corrected chi connectivity index (χ2v) is 12.1. The number of sulfonamides is 1. The van der Waals surface area contributed by atoms with E-state index in [1.165, 1.54) is 10.4 Å². The monoisotopic (exact) mass is 553 g/mol. The van der Waals surface area contributed by atoms with Crippen molar-refractivity contribution in [1.29, 1.82) is 0 Å². The summed E-state index contributed by atoms with van der Waals surface area (Å²) in [5.74, 6) is 0.803. The normalized spacial score (nSPS) is 24.4. The van der Waals surface area contributed by atoms with Gasteiger partial charge in [0.15, 0.2) is 11.5 Å². The van der Waals surface area contributed by atoms with Crippen LogP contribution in [0, 0.1) is 5.92 Å². The largest absolute Gasteiger partial charge is 0.486 e. The maximum atomic E-state index is 14.1. The molecule has 0 bridgehead atoms. The molecular formula is C27H31N5O6S. The second-order valence-electron chi connectivity index (χ2n) is 10.2. The van der Waals surface area contributed by atoms with Gasteiger partial charge < -0.3 is 19.3 Å². The van der Waals surface area contributed by atoms with Gasteiger partial charge in [-0.05, 0) is 49.9 Å². The van der Waals surface area contributed by atoms with Crippen LogP contribution in [-0.4, -0.2) is 66.1 Å². The van der Waals surface area contributed by atoms with Crippen LogP contribution in [-0.2, 0) is 14.8 Å². The third kappa shape index (κ3) is 5.22. The van der Waals surface area contributed by atoms with Crippen molar-refractivity contribution in [3.8, 4) is 22.9 Å². The summed E-state index contributed by atoms with van der Waals surface area (Å²) in [5.41, 5.74) is 0.723. The van der Waals surface area contributed by atoms with Crippen molar-refractivity contribution in [3.05, 3.63) is 48.6 Å². The molecule has 3 atom stereocenters. The number of benzene rings is 1. The van der Waals surface area contributed by atoms with Crippen molar-refractivity contribution in [2.24, 2.45) is 5.92 Å². The molecule has 2 fully saturated rings. The molecule has 3 aliphatic rings. The highest BCUT2D eigenvalue weighted by atomic mass is 32.2. The lowest BCUT2D eigenvalue weighted by Crippen LogP contribution is -2.47. The molecule has 3 unspecified atom stereocenters. The zero-order valence-electron chi connectivity index (χ0n) is 21.5. The maximum absolute atomic E-state index is 14.1. The van der Waals surface area contributed by atoms with Crippen molar-refractivity contribution in [2.75, 3.05) is 26.3 Å². The molecule has 1 amide bonds. The summed E-state index contributed by atoms with van der Waals surface area (Å²) in [6.07, 6.45) is 7.51. The fourth-order valence-electron chi connectivity index (χ4n) is 5.70. The van der Waals surface area contributed by atoms with E-state index in [0.29, 0.717) is 68.8 Å². The third-order valence-electron chi connectivity index (χ3n) is 7.67. The molecule has 2 aromatic heterocycles. The number of nitrogens with zero attached hydrogens (tertiary/aromatic N) is 4. The Morgan fingerprint density at radius 3 is 2.69 bits per heavy atom. The molecule has 6 rings (SSSR count). The first-order valence-electron chi connectivity index (χ1n) is 13.4. The molecule has 2 aliphatic heterocycles. The number of carbonyl (C=O) groups excluding carboxylic acids is 1. The van der Waals surface area contributed by atoms with E-state index in [9.17, 15) is 13.2 Å². The second kappa shape index (κ2) is 10.9. The lowest BCUT2D eigenvalue weighted by atomic mass is 10.0. The molecule has 0 radical (unpaired) electrons. The highest BCUT2D eigenvalue weighted by molar-refractivity contribution is 7.89. The summed E-state index contributed by atoms with van der Waals surface area (Å²) in [7, 11) is -3.95. The number of hydrogen-bond donors (Lipinski definition) is 1. The van der Waals surface area contributed by atoms with E-state index in [1.807, 2.05) is 6.07 Å². The van der Waals surface area contributed by atoms with Crippen molar-refractivity contribution < 1.29 is 27.2 Å². The topological polar surface area (TPSA) is 137 Å². The van der Waals surface area contributed by atoms with Gasteiger partial charge in [-0.25, -0.2) is 8.42 Å². The molecule has 11 nitrogen and oxygen atoms in total. The first kappa shape index (κ1) is 25.8. The number of pyridine rings is 1. The van der Waals surface area contributed by atoms with E-state index >= 15 is 0 Å². The van der Waals surface area contributed by atoms with Gasteiger partial charge in [0, 0.05) is 49.1 Å². The van der Waals surface area contributed by atoms with E-state index < -0.39 is 22.0 Å². The van der Waals surface area contributed by atoms with Crippen molar-refractivity contribution in [2.45, 2.75) is 55.4 Å². The smallest absolute Gasteiger partial charge is 0.243 e. The lowest BCUT2D eigenvalue weighted by Gasteiger charge is -2.32. The van der Waals surface area contributed by atoms with Crippen molar-refractivity contribution >= 4 is 15.9 Å². The molecule has 206 valence electrons. The zero-order valence-corrected chi connectivity index (χ0v) is 22.3. The molecule has 1 aliphatic carbocycles. The third-order valence-corrected chi connectivity index (χ3v) is 9.59. The van der Waals surface area contributed by atoms with Crippen LogP contribution in [0.1, 0.15) is 50.3 Å². The molecule has 0 spiro atoms. The zero-order chi connectivity index (χ0) is 26.8. The summed E-state index contributed by atoms with van der Waals surface area (Å²) < 4.78 is 46.7. The van der Waals surface area contributed by atoms with Crippen LogP contribution in [0.3, 0.4) is 0 Å². The molecule has 4 heterocycles. The quantitative estimate of drug-likeness (QED) is 0.517.